The van der Waals surface area contributed by atoms with Gasteiger partial charge in [0.05, 0.1) is 21.5 Å². The highest BCUT2D eigenvalue weighted by Crippen LogP contribution is 2.24. The molecule has 1 heterocycles. The van der Waals surface area contributed by atoms with E-state index in [1.807, 2.05) is 13.8 Å². The Hall–Kier alpha value is -3.41. The number of nitro groups is 2. The third-order valence-corrected chi connectivity index (χ3v) is 4.67. The molecule has 0 atom stereocenters. The fraction of sp³-hybridized carbons (Fsp3) is 0.353. The average Bonchev–Trinajstić information content (AvgIpc) is 3.08. The van der Waals surface area contributed by atoms with Crippen LogP contribution in [0.4, 0.5) is 16.5 Å². The number of hydrogen-bond acceptors (Lipinski definition) is 8. The Morgan fingerprint density at radius 1 is 1.17 bits per heavy atom. The van der Waals surface area contributed by atoms with Crippen molar-refractivity contribution in [3.8, 4) is 0 Å². The van der Waals surface area contributed by atoms with E-state index in [0.717, 1.165) is 29.5 Å². The number of nitro benzene ring substituents is 2. The lowest BCUT2D eigenvalue weighted by molar-refractivity contribution is -0.394. The van der Waals surface area contributed by atoms with Gasteiger partial charge < -0.3 is 10.2 Å². The minimum atomic E-state index is -0.808. The number of carbonyl (C=O) groups is 2. The maximum absolute atomic E-state index is 12.9. The largest absolute Gasteiger partial charge is 0.329 e. The lowest BCUT2D eigenvalue weighted by atomic mass is 10.1. The van der Waals surface area contributed by atoms with Crippen molar-refractivity contribution in [1.82, 2.24) is 9.88 Å². The molecule has 1 N–H and O–H groups in total. The molecule has 11 nitrogen and oxygen atoms in total. The number of thiazole rings is 1. The van der Waals surface area contributed by atoms with E-state index in [4.69, 9.17) is 0 Å². The van der Waals surface area contributed by atoms with Crippen molar-refractivity contribution in [2.45, 2.75) is 26.7 Å². The van der Waals surface area contributed by atoms with E-state index >= 15 is 0 Å². The van der Waals surface area contributed by atoms with Gasteiger partial charge in [0.1, 0.15) is 6.54 Å². The Labute approximate surface area is 169 Å². The second kappa shape index (κ2) is 9.68. The predicted molar refractivity (Wildman–Crippen MR) is 106 cm³/mol. The van der Waals surface area contributed by atoms with Gasteiger partial charge in [0.15, 0.2) is 5.13 Å². The Balaban J connectivity index is 2.26. The van der Waals surface area contributed by atoms with Gasteiger partial charge in [0.2, 0.25) is 5.91 Å². The number of carbonyl (C=O) groups excluding carboxylic acids is 2. The van der Waals surface area contributed by atoms with Crippen LogP contribution in [-0.2, 0) is 4.79 Å². The van der Waals surface area contributed by atoms with Crippen molar-refractivity contribution in [1.29, 1.82) is 0 Å². The van der Waals surface area contributed by atoms with Crippen molar-refractivity contribution in [2.24, 2.45) is 0 Å². The normalized spacial score (nSPS) is 10.4. The highest BCUT2D eigenvalue weighted by molar-refractivity contribution is 7.15. The number of unbranched alkanes of at least 4 members (excludes halogenated alkanes) is 1. The van der Waals surface area contributed by atoms with Crippen molar-refractivity contribution < 1.29 is 19.4 Å². The van der Waals surface area contributed by atoms with Crippen LogP contribution in [-0.4, -0.2) is 44.6 Å². The number of rotatable bonds is 9. The van der Waals surface area contributed by atoms with Crippen molar-refractivity contribution in [2.75, 3.05) is 18.4 Å². The molecule has 0 unspecified atom stereocenters. The molecule has 0 saturated carbocycles. The van der Waals surface area contributed by atoms with E-state index in [1.54, 1.807) is 6.20 Å². The highest BCUT2D eigenvalue weighted by atomic mass is 32.1. The third-order valence-electron chi connectivity index (χ3n) is 3.84. The molecule has 0 radical (unpaired) electrons. The van der Waals surface area contributed by atoms with E-state index < -0.39 is 33.0 Å². The Morgan fingerprint density at radius 2 is 1.79 bits per heavy atom. The number of nitrogens with zero attached hydrogens (tertiary/aromatic N) is 4. The maximum atomic E-state index is 12.9. The summed E-state index contributed by atoms with van der Waals surface area (Å²) in [6.07, 6.45) is 2.93. The molecular weight excluding hydrogens is 402 g/mol. The molecule has 1 aromatic heterocycles. The Kier molecular flexibility index (Phi) is 7.31. The summed E-state index contributed by atoms with van der Waals surface area (Å²) in [5.41, 5.74) is -1.36. The molecular formula is C17H19N5O6S. The summed E-state index contributed by atoms with van der Waals surface area (Å²) in [5, 5.41) is 25.1. The zero-order valence-corrected chi connectivity index (χ0v) is 16.6. The summed E-state index contributed by atoms with van der Waals surface area (Å²) in [6.45, 7) is 3.64. The minimum absolute atomic E-state index is 0.218. The lowest BCUT2D eigenvalue weighted by Gasteiger charge is -2.21. The monoisotopic (exact) mass is 421 g/mol. The summed E-state index contributed by atoms with van der Waals surface area (Å²) in [5.74, 6) is -1.18. The van der Waals surface area contributed by atoms with Crippen LogP contribution in [0.2, 0.25) is 0 Å². The molecule has 0 saturated heterocycles. The SMILES string of the molecule is CCCCN(CC(=O)Nc1ncc(C)s1)C(=O)c1cc([N+](=O)[O-])cc([N+](=O)[O-])c1. The van der Waals surface area contributed by atoms with Crippen molar-refractivity contribution in [3.05, 3.63) is 55.1 Å². The number of hydrogen-bond donors (Lipinski definition) is 1. The van der Waals surface area contributed by atoms with Crippen LogP contribution in [0, 0.1) is 27.2 Å². The number of benzene rings is 1. The van der Waals surface area contributed by atoms with Gasteiger partial charge in [0.25, 0.3) is 17.3 Å². The molecule has 154 valence electrons. The third kappa shape index (κ3) is 6.04. The molecule has 2 amide bonds. The van der Waals surface area contributed by atoms with Gasteiger partial charge >= 0.3 is 0 Å². The lowest BCUT2D eigenvalue weighted by Crippen LogP contribution is -2.38. The Bertz CT molecular complexity index is 912. The summed E-state index contributed by atoms with van der Waals surface area (Å²) >= 11 is 1.28. The average molecular weight is 421 g/mol. The van der Waals surface area contributed by atoms with Crippen molar-refractivity contribution >= 4 is 39.7 Å². The van der Waals surface area contributed by atoms with Crippen LogP contribution in [0.25, 0.3) is 0 Å². The second-order valence-electron chi connectivity index (χ2n) is 6.16. The van der Waals surface area contributed by atoms with Crippen LogP contribution >= 0.6 is 11.3 Å². The number of aryl methyl sites for hydroxylation is 1. The highest BCUT2D eigenvalue weighted by Gasteiger charge is 2.24. The first-order valence-electron chi connectivity index (χ1n) is 8.66. The van der Waals surface area contributed by atoms with Crippen LogP contribution in [0.1, 0.15) is 35.0 Å². The summed E-state index contributed by atoms with van der Waals surface area (Å²) in [4.78, 5) is 51.9. The number of amides is 2. The van der Waals surface area contributed by atoms with Gasteiger partial charge in [-0.2, -0.15) is 0 Å². The molecule has 2 aromatic rings. The quantitative estimate of drug-likeness (QED) is 0.483. The predicted octanol–water partition coefficient (Wildman–Crippen LogP) is 3.15. The smallest absolute Gasteiger partial charge is 0.277 e. The number of nitrogens with one attached hydrogen (secondary N) is 1. The molecule has 2 rings (SSSR count). The summed E-state index contributed by atoms with van der Waals surface area (Å²) in [6, 6.07) is 2.72. The number of anilines is 1. The zero-order valence-electron chi connectivity index (χ0n) is 15.8. The molecule has 29 heavy (non-hydrogen) atoms. The first-order chi connectivity index (χ1) is 13.7. The van der Waals surface area contributed by atoms with Crippen LogP contribution in [0.15, 0.2) is 24.4 Å². The molecule has 0 aliphatic carbocycles. The van der Waals surface area contributed by atoms with Gasteiger partial charge in [-0.15, -0.1) is 11.3 Å². The van der Waals surface area contributed by atoms with Crippen molar-refractivity contribution in [3.63, 3.8) is 0 Å². The van der Waals surface area contributed by atoms with Gasteiger partial charge in [-0.25, -0.2) is 4.98 Å². The summed E-state index contributed by atoms with van der Waals surface area (Å²) < 4.78 is 0. The van der Waals surface area contributed by atoms with E-state index in [-0.39, 0.29) is 18.7 Å². The van der Waals surface area contributed by atoms with Crippen LogP contribution in [0.5, 0.6) is 0 Å². The molecule has 0 bridgehead atoms. The second-order valence-corrected chi connectivity index (χ2v) is 7.39. The van der Waals surface area contributed by atoms with Gasteiger partial charge in [-0.1, -0.05) is 13.3 Å². The Morgan fingerprint density at radius 3 is 2.28 bits per heavy atom. The minimum Gasteiger partial charge on any atom is -0.329 e. The fourth-order valence-corrected chi connectivity index (χ4v) is 3.14. The zero-order chi connectivity index (χ0) is 21.6. The van der Waals surface area contributed by atoms with E-state index in [9.17, 15) is 29.8 Å². The van der Waals surface area contributed by atoms with E-state index in [0.29, 0.717) is 11.6 Å². The first kappa shape index (κ1) is 21.9. The number of aromatic nitrogens is 1. The van der Waals surface area contributed by atoms with Gasteiger partial charge in [-0.3, -0.25) is 29.8 Å². The molecule has 0 fully saturated rings. The number of non-ortho nitro benzene ring substituents is 2. The van der Waals surface area contributed by atoms with Gasteiger partial charge in [0, 0.05) is 29.8 Å². The van der Waals surface area contributed by atoms with E-state index in [1.165, 1.54) is 16.2 Å². The molecule has 12 heteroatoms. The molecule has 0 aliphatic rings. The standard InChI is InChI=1S/C17H19N5O6S/c1-3-4-5-20(10-15(23)19-17-18-9-11(2)29-17)16(24)12-6-13(21(25)26)8-14(7-12)22(27)28/h6-9H,3-5,10H2,1-2H3,(H,18,19,23). The van der Waals surface area contributed by atoms with Crippen LogP contribution < -0.4 is 5.32 Å². The van der Waals surface area contributed by atoms with E-state index in [2.05, 4.69) is 10.3 Å². The molecule has 0 spiro atoms. The fourth-order valence-electron chi connectivity index (χ4n) is 2.46. The molecule has 1 aromatic carbocycles. The van der Waals surface area contributed by atoms with Gasteiger partial charge in [-0.05, 0) is 13.3 Å². The topological polar surface area (TPSA) is 149 Å². The summed E-state index contributed by atoms with van der Waals surface area (Å²) in [7, 11) is 0. The first-order valence-corrected chi connectivity index (χ1v) is 9.48. The molecule has 0 aliphatic heterocycles. The maximum Gasteiger partial charge on any atom is 0.277 e. The van der Waals surface area contributed by atoms with Crippen LogP contribution in [0.3, 0.4) is 0 Å².